The summed E-state index contributed by atoms with van der Waals surface area (Å²) < 4.78 is 22.1. The van der Waals surface area contributed by atoms with Gasteiger partial charge in [-0.25, -0.2) is 8.42 Å². The summed E-state index contributed by atoms with van der Waals surface area (Å²) in [6.45, 7) is 6.74. The van der Waals surface area contributed by atoms with Crippen molar-refractivity contribution in [2.45, 2.75) is 40.0 Å². The van der Waals surface area contributed by atoms with Gasteiger partial charge in [0, 0.05) is 6.26 Å². The molecular formula is C11H22O2S. The highest BCUT2D eigenvalue weighted by molar-refractivity contribution is 7.90. The average molecular weight is 218 g/mol. The van der Waals surface area contributed by atoms with Gasteiger partial charge >= 0.3 is 0 Å². The zero-order chi connectivity index (χ0) is 11.0. The molecule has 0 aliphatic heterocycles. The summed E-state index contributed by atoms with van der Waals surface area (Å²) in [4.78, 5) is 0. The number of hydrogen-bond acceptors (Lipinski definition) is 2. The van der Waals surface area contributed by atoms with E-state index in [1.165, 1.54) is 12.7 Å². The van der Waals surface area contributed by atoms with Crippen molar-refractivity contribution in [3.63, 3.8) is 0 Å². The van der Waals surface area contributed by atoms with Crippen molar-refractivity contribution < 1.29 is 8.42 Å². The van der Waals surface area contributed by atoms with Crippen molar-refractivity contribution >= 4 is 9.84 Å². The topological polar surface area (TPSA) is 34.1 Å². The van der Waals surface area contributed by atoms with E-state index < -0.39 is 9.84 Å². The first-order chi connectivity index (χ1) is 6.16. The molecule has 1 saturated carbocycles. The van der Waals surface area contributed by atoms with Crippen LogP contribution in [-0.2, 0) is 9.84 Å². The average Bonchev–Trinajstić information content (AvgIpc) is 1.75. The second-order valence-corrected chi connectivity index (χ2v) is 8.25. The Kier molecular flexibility index (Phi) is 3.30. The van der Waals surface area contributed by atoms with Crippen molar-refractivity contribution in [3.05, 3.63) is 0 Å². The largest absolute Gasteiger partial charge is 0.229 e. The molecule has 0 spiro atoms. The monoisotopic (exact) mass is 218 g/mol. The molecule has 2 nitrogen and oxygen atoms in total. The van der Waals surface area contributed by atoms with Gasteiger partial charge in [-0.1, -0.05) is 20.8 Å². The summed E-state index contributed by atoms with van der Waals surface area (Å²) in [5.74, 6) is 1.60. The van der Waals surface area contributed by atoms with Crippen LogP contribution in [0.1, 0.15) is 40.0 Å². The molecule has 0 saturated heterocycles. The van der Waals surface area contributed by atoms with E-state index in [1.54, 1.807) is 0 Å². The predicted octanol–water partition coefficient (Wildman–Crippen LogP) is 2.49. The molecule has 1 aliphatic carbocycles. The number of sulfone groups is 1. The van der Waals surface area contributed by atoms with Crippen LogP contribution < -0.4 is 0 Å². The minimum atomic E-state index is -2.75. The smallest absolute Gasteiger partial charge is 0.147 e. The second kappa shape index (κ2) is 3.84. The molecular weight excluding hydrogens is 196 g/mol. The van der Waals surface area contributed by atoms with Crippen LogP contribution in [0.3, 0.4) is 0 Å². The Morgan fingerprint density at radius 2 is 1.64 bits per heavy atom. The van der Waals surface area contributed by atoms with Crippen LogP contribution in [0.25, 0.3) is 0 Å². The van der Waals surface area contributed by atoms with Crippen LogP contribution in [0.15, 0.2) is 0 Å². The Labute approximate surface area is 88.0 Å². The Bertz CT molecular complexity index is 279. The van der Waals surface area contributed by atoms with Crippen molar-refractivity contribution in [2.75, 3.05) is 12.0 Å². The fourth-order valence-corrected chi connectivity index (χ4v) is 3.60. The SMILES string of the molecule is CC(C)(C)CC1CC(CS(C)(=O)=O)C1. The van der Waals surface area contributed by atoms with E-state index in [-0.39, 0.29) is 0 Å². The van der Waals surface area contributed by atoms with Crippen molar-refractivity contribution in [1.82, 2.24) is 0 Å². The van der Waals surface area contributed by atoms with Gasteiger partial charge in [-0.2, -0.15) is 0 Å². The summed E-state index contributed by atoms with van der Waals surface area (Å²) in [6.07, 6.45) is 4.80. The summed E-state index contributed by atoms with van der Waals surface area (Å²) in [6, 6.07) is 0. The molecule has 0 aromatic carbocycles. The maximum absolute atomic E-state index is 11.0. The lowest BCUT2D eigenvalue weighted by molar-refractivity contribution is 0.149. The fraction of sp³-hybridized carbons (Fsp3) is 1.00. The normalized spacial score (nSPS) is 28.6. The summed E-state index contributed by atoms with van der Waals surface area (Å²) in [5, 5.41) is 0. The summed E-state index contributed by atoms with van der Waals surface area (Å²) in [5.41, 5.74) is 0.390. The Balaban J connectivity index is 2.25. The van der Waals surface area contributed by atoms with E-state index in [9.17, 15) is 8.42 Å². The standard InChI is InChI=1S/C11H22O2S/c1-11(2,3)7-9-5-10(6-9)8-14(4,12)13/h9-10H,5-8H2,1-4H3. The summed E-state index contributed by atoms with van der Waals surface area (Å²) in [7, 11) is -2.75. The first kappa shape index (κ1) is 12.0. The molecule has 1 aliphatic rings. The molecule has 84 valence electrons. The van der Waals surface area contributed by atoms with Crippen molar-refractivity contribution in [2.24, 2.45) is 17.3 Å². The number of hydrogen-bond donors (Lipinski definition) is 0. The molecule has 0 radical (unpaired) electrons. The molecule has 1 fully saturated rings. The first-order valence-corrected chi connectivity index (χ1v) is 7.39. The summed E-state index contributed by atoms with van der Waals surface area (Å²) >= 11 is 0. The van der Waals surface area contributed by atoms with Gasteiger partial charge in [-0.15, -0.1) is 0 Å². The van der Waals surface area contributed by atoms with Gasteiger partial charge in [-0.05, 0) is 36.5 Å². The molecule has 0 N–H and O–H groups in total. The lowest BCUT2D eigenvalue weighted by atomic mass is 9.69. The van der Waals surface area contributed by atoms with Crippen LogP contribution >= 0.6 is 0 Å². The van der Waals surface area contributed by atoms with E-state index >= 15 is 0 Å². The van der Waals surface area contributed by atoms with Crippen LogP contribution in [-0.4, -0.2) is 20.4 Å². The molecule has 0 aromatic rings. The lowest BCUT2D eigenvalue weighted by Gasteiger charge is -2.38. The van der Waals surface area contributed by atoms with Gasteiger partial charge in [-0.3, -0.25) is 0 Å². The van der Waals surface area contributed by atoms with Gasteiger partial charge in [0.2, 0.25) is 0 Å². The van der Waals surface area contributed by atoms with Crippen molar-refractivity contribution in [1.29, 1.82) is 0 Å². The Morgan fingerprint density at radius 1 is 1.14 bits per heavy atom. The molecule has 0 aromatic heterocycles. The van der Waals surface area contributed by atoms with Gasteiger partial charge in [0.1, 0.15) is 9.84 Å². The molecule has 0 atom stereocenters. The fourth-order valence-electron chi connectivity index (χ4n) is 2.47. The van der Waals surface area contributed by atoms with E-state index in [1.807, 2.05) is 0 Å². The van der Waals surface area contributed by atoms with E-state index in [4.69, 9.17) is 0 Å². The first-order valence-electron chi connectivity index (χ1n) is 5.33. The Hall–Kier alpha value is -0.0500. The van der Waals surface area contributed by atoms with Crippen LogP contribution in [0.4, 0.5) is 0 Å². The van der Waals surface area contributed by atoms with Crippen LogP contribution in [0.5, 0.6) is 0 Å². The molecule has 0 amide bonds. The Morgan fingerprint density at radius 3 is 2.00 bits per heavy atom. The maximum Gasteiger partial charge on any atom is 0.147 e. The molecule has 0 bridgehead atoms. The van der Waals surface area contributed by atoms with Crippen LogP contribution in [0.2, 0.25) is 0 Å². The second-order valence-electron chi connectivity index (χ2n) is 6.06. The molecule has 14 heavy (non-hydrogen) atoms. The van der Waals surface area contributed by atoms with Crippen LogP contribution in [0, 0.1) is 17.3 Å². The van der Waals surface area contributed by atoms with Gasteiger partial charge in [0.25, 0.3) is 0 Å². The van der Waals surface area contributed by atoms with Gasteiger partial charge in [0.15, 0.2) is 0 Å². The third-order valence-corrected chi connectivity index (χ3v) is 3.85. The van der Waals surface area contributed by atoms with Crippen molar-refractivity contribution in [3.8, 4) is 0 Å². The molecule has 0 unspecified atom stereocenters. The predicted molar refractivity (Wildman–Crippen MR) is 60.0 cm³/mol. The zero-order valence-electron chi connectivity index (χ0n) is 9.71. The van der Waals surface area contributed by atoms with Gasteiger partial charge in [0.05, 0.1) is 5.75 Å². The zero-order valence-corrected chi connectivity index (χ0v) is 10.5. The maximum atomic E-state index is 11.0. The highest BCUT2D eigenvalue weighted by Crippen LogP contribution is 2.41. The highest BCUT2D eigenvalue weighted by atomic mass is 32.2. The third-order valence-electron chi connectivity index (χ3n) is 2.77. The third kappa shape index (κ3) is 4.45. The van der Waals surface area contributed by atoms with E-state index in [0.29, 0.717) is 17.1 Å². The quantitative estimate of drug-likeness (QED) is 0.729. The number of rotatable bonds is 3. The molecule has 1 rings (SSSR count). The molecule has 3 heteroatoms. The highest BCUT2D eigenvalue weighted by Gasteiger charge is 2.33. The minimum Gasteiger partial charge on any atom is -0.229 e. The lowest BCUT2D eigenvalue weighted by Crippen LogP contribution is -2.31. The van der Waals surface area contributed by atoms with E-state index in [2.05, 4.69) is 20.8 Å². The van der Waals surface area contributed by atoms with Gasteiger partial charge < -0.3 is 0 Å². The molecule has 0 heterocycles. The van der Waals surface area contributed by atoms with E-state index in [0.717, 1.165) is 18.8 Å². The minimum absolute atomic E-state index is 0.390.